The van der Waals surface area contributed by atoms with Crippen LogP contribution in [0, 0.1) is 6.92 Å². The van der Waals surface area contributed by atoms with Crippen molar-refractivity contribution in [2.75, 3.05) is 6.61 Å². The van der Waals surface area contributed by atoms with Gasteiger partial charge in [0.2, 0.25) is 10.0 Å². The Balaban J connectivity index is 1.50. The molecule has 2 aromatic carbocycles. The number of benzene rings is 2. The lowest BCUT2D eigenvalue weighted by Crippen LogP contribution is -2.58. The Hall–Kier alpha value is -3.65. The average molecular weight is 573 g/mol. The van der Waals surface area contributed by atoms with Crippen molar-refractivity contribution >= 4 is 22.0 Å². The Labute approximate surface area is 232 Å². The fourth-order valence-electron chi connectivity index (χ4n) is 4.25. The van der Waals surface area contributed by atoms with Crippen molar-refractivity contribution < 1.29 is 37.0 Å². The standard InChI is InChI=1S/C27H32N4O8S/c1-18-9-11-23(12-10-18)40(34,35)29-24-13-26(39-25(17-36-19(2)32)27(24)38-20(3)33)37-16-22-15-31(30-28-22)14-21-7-5-4-6-8-21/h4-12,15,24-27,29H,13-14,16-17H2,1-3H3/t24-,25+,26-,27-/m0/s1. The second-order valence-electron chi connectivity index (χ2n) is 9.46. The fourth-order valence-corrected chi connectivity index (χ4v) is 5.51. The quantitative estimate of drug-likeness (QED) is 0.339. The van der Waals surface area contributed by atoms with Crippen LogP contribution in [0.15, 0.2) is 65.7 Å². The van der Waals surface area contributed by atoms with E-state index in [-0.39, 0.29) is 24.5 Å². The van der Waals surface area contributed by atoms with E-state index in [0.29, 0.717) is 12.2 Å². The zero-order valence-corrected chi connectivity index (χ0v) is 23.2. The Kier molecular flexibility index (Phi) is 9.63. The number of aromatic nitrogens is 3. The minimum atomic E-state index is -4.00. The molecule has 40 heavy (non-hydrogen) atoms. The van der Waals surface area contributed by atoms with Crippen molar-refractivity contribution in [1.29, 1.82) is 0 Å². The van der Waals surface area contributed by atoms with E-state index in [9.17, 15) is 18.0 Å². The summed E-state index contributed by atoms with van der Waals surface area (Å²) in [6.45, 7) is 4.56. The molecule has 0 unspecified atom stereocenters. The molecule has 1 aliphatic rings. The number of hydrogen-bond acceptors (Lipinski definition) is 10. The highest BCUT2D eigenvalue weighted by atomic mass is 32.2. The van der Waals surface area contributed by atoms with Gasteiger partial charge in [-0.15, -0.1) is 5.10 Å². The summed E-state index contributed by atoms with van der Waals surface area (Å²) in [5, 5.41) is 8.26. The number of aryl methyl sites for hydroxylation is 1. The molecule has 1 N–H and O–H groups in total. The second-order valence-corrected chi connectivity index (χ2v) is 11.2. The van der Waals surface area contributed by atoms with Gasteiger partial charge in [-0.05, 0) is 24.6 Å². The molecule has 0 bridgehead atoms. The monoisotopic (exact) mass is 572 g/mol. The summed E-state index contributed by atoms with van der Waals surface area (Å²) in [5.41, 5.74) is 2.50. The third-order valence-corrected chi connectivity index (χ3v) is 7.62. The molecule has 4 rings (SSSR count). The first-order valence-electron chi connectivity index (χ1n) is 12.7. The van der Waals surface area contributed by atoms with Crippen LogP contribution in [0.2, 0.25) is 0 Å². The first kappa shape index (κ1) is 29.3. The van der Waals surface area contributed by atoms with Crippen LogP contribution in [0.4, 0.5) is 0 Å². The zero-order valence-electron chi connectivity index (χ0n) is 22.4. The van der Waals surface area contributed by atoms with Crippen LogP contribution >= 0.6 is 0 Å². The smallest absolute Gasteiger partial charge is 0.303 e. The van der Waals surface area contributed by atoms with Crippen LogP contribution < -0.4 is 4.72 Å². The van der Waals surface area contributed by atoms with Gasteiger partial charge in [0.25, 0.3) is 0 Å². The third kappa shape index (κ3) is 8.18. The van der Waals surface area contributed by atoms with Gasteiger partial charge < -0.3 is 18.9 Å². The van der Waals surface area contributed by atoms with Gasteiger partial charge in [-0.25, -0.2) is 17.8 Å². The molecular weight excluding hydrogens is 540 g/mol. The Morgan fingerprint density at radius 2 is 1.80 bits per heavy atom. The second kappa shape index (κ2) is 13.1. The third-order valence-electron chi connectivity index (χ3n) is 6.12. The molecule has 1 saturated heterocycles. The van der Waals surface area contributed by atoms with Gasteiger partial charge in [0.05, 0.1) is 30.3 Å². The van der Waals surface area contributed by atoms with Gasteiger partial charge >= 0.3 is 11.9 Å². The maximum Gasteiger partial charge on any atom is 0.303 e. The van der Waals surface area contributed by atoms with Crippen molar-refractivity contribution in [3.8, 4) is 0 Å². The lowest BCUT2D eigenvalue weighted by atomic mass is 9.99. The summed E-state index contributed by atoms with van der Waals surface area (Å²) in [5.74, 6) is -1.21. The van der Waals surface area contributed by atoms with Crippen molar-refractivity contribution in [3.63, 3.8) is 0 Å². The first-order chi connectivity index (χ1) is 19.1. The fraction of sp³-hybridized carbons (Fsp3) is 0.407. The van der Waals surface area contributed by atoms with Crippen LogP contribution in [-0.4, -0.2) is 66.5 Å². The molecule has 1 fully saturated rings. The Bertz CT molecular complexity index is 1400. The zero-order chi connectivity index (χ0) is 28.7. The van der Waals surface area contributed by atoms with Gasteiger partial charge in [-0.2, -0.15) is 0 Å². The largest absolute Gasteiger partial charge is 0.463 e. The number of esters is 2. The molecule has 0 amide bonds. The Morgan fingerprint density at radius 1 is 1.07 bits per heavy atom. The van der Waals surface area contributed by atoms with Gasteiger partial charge in [0.15, 0.2) is 6.29 Å². The number of nitrogens with zero attached hydrogens (tertiary/aromatic N) is 3. The van der Waals surface area contributed by atoms with E-state index < -0.39 is 46.5 Å². The van der Waals surface area contributed by atoms with Gasteiger partial charge in [0.1, 0.15) is 24.5 Å². The molecule has 3 aromatic rings. The van der Waals surface area contributed by atoms with Crippen LogP contribution in [0.1, 0.15) is 37.1 Å². The number of carbonyl (C=O) groups is 2. The molecule has 0 spiro atoms. The minimum absolute atomic E-state index is 0.0117. The molecule has 2 heterocycles. The van der Waals surface area contributed by atoms with E-state index in [0.717, 1.165) is 11.1 Å². The van der Waals surface area contributed by atoms with Crippen molar-refractivity contribution in [1.82, 2.24) is 19.7 Å². The number of nitrogens with one attached hydrogen (secondary N) is 1. The summed E-state index contributed by atoms with van der Waals surface area (Å²) < 4.78 is 53.2. The molecule has 1 aliphatic heterocycles. The molecule has 12 nitrogen and oxygen atoms in total. The maximum atomic E-state index is 13.2. The maximum absolute atomic E-state index is 13.2. The first-order valence-corrected chi connectivity index (χ1v) is 14.2. The molecule has 0 saturated carbocycles. The number of carbonyl (C=O) groups excluding carboxylic acids is 2. The summed E-state index contributed by atoms with van der Waals surface area (Å²) in [6, 6.07) is 15.2. The van der Waals surface area contributed by atoms with E-state index in [1.54, 1.807) is 23.0 Å². The Morgan fingerprint density at radius 3 is 2.48 bits per heavy atom. The van der Waals surface area contributed by atoms with Crippen molar-refractivity contribution in [2.24, 2.45) is 0 Å². The molecule has 1 aromatic heterocycles. The van der Waals surface area contributed by atoms with Gasteiger partial charge in [-0.3, -0.25) is 9.59 Å². The summed E-state index contributed by atoms with van der Waals surface area (Å²) in [4.78, 5) is 23.5. The molecule has 4 atom stereocenters. The molecule has 214 valence electrons. The highest BCUT2D eigenvalue weighted by molar-refractivity contribution is 7.89. The topological polar surface area (TPSA) is 148 Å². The number of rotatable bonds is 11. The van der Waals surface area contributed by atoms with Crippen LogP contribution in [-0.2, 0) is 51.7 Å². The molecule has 13 heteroatoms. The highest BCUT2D eigenvalue weighted by Gasteiger charge is 2.44. The minimum Gasteiger partial charge on any atom is -0.463 e. The van der Waals surface area contributed by atoms with Crippen molar-refractivity contribution in [2.45, 2.75) is 69.8 Å². The van der Waals surface area contributed by atoms with E-state index in [1.807, 2.05) is 37.3 Å². The van der Waals surface area contributed by atoms with Gasteiger partial charge in [0, 0.05) is 20.3 Å². The van der Waals surface area contributed by atoms with Crippen LogP contribution in [0.5, 0.6) is 0 Å². The summed E-state index contributed by atoms with van der Waals surface area (Å²) in [7, 11) is -4.00. The SMILES string of the molecule is CC(=O)OC[C@H]1O[C@H](OCc2cn(Cc3ccccc3)nn2)C[C@H](NS(=O)(=O)c2ccc(C)cc2)[C@@H]1OC(C)=O. The molecule has 0 radical (unpaired) electrons. The van der Waals surface area contributed by atoms with E-state index in [4.69, 9.17) is 18.9 Å². The number of hydrogen-bond donors (Lipinski definition) is 1. The predicted octanol–water partition coefficient (Wildman–Crippen LogP) is 2.11. The predicted molar refractivity (Wildman–Crippen MR) is 141 cm³/mol. The van der Waals surface area contributed by atoms with E-state index >= 15 is 0 Å². The van der Waals surface area contributed by atoms with Crippen molar-refractivity contribution in [3.05, 3.63) is 77.6 Å². The average Bonchev–Trinajstić information content (AvgIpc) is 3.35. The van der Waals surface area contributed by atoms with E-state index in [2.05, 4.69) is 15.0 Å². The molecule has 0 aliphatic carbocycles. The lowest BCUT2D eigenvalue weighted by Gasteiger charge is -2.40. The molecular formula is C27H32N4O8S. The summed E-state index contributed by atoms with van der Waals surface area (Å²) in [6.07, 6.45) is -1.25. The number of sulfonamides is 1. The van der Waals surface area contributed by atoms with Crippen LogP contribution in [0.3, 0.4) is 0 Å². The highest BCUT2D eigenvalue weighted by Crippen LogP contribution is 2.27. The van der Waals surface area contributed by atoms with Crippen LogP contribution in [0.25, 0.3) is 0 Å². The number of ether oxygens (including phenoxy) is 4. The summed E-state index contributed by atoms with van der Waals surface area (Å²) >= 11 is 0. The van der Waals surface area contributed by atoms with E-state index in [1.165, 1.54) is 26.0 Å². The normalized spacial score (nSPS) is 21.1. The van der Waals surface area contributed by atoms with Gasteiger partial charge in [-0.1, -0.05) is 53.2 Å². The lowest BCUT2D eigenvalue weighted by molar-refractivity contribution is -0.247.